The molecule has 0 radical (unpaired) electrons. The molecule has 0 fully saturated rings. The SMILES string of the molecule is CCCCC(C)c1cc2cc(O)ccc2o1. The zero-order valence-electron chi connectivity index (χ0n) is 9.86. The minimum absolute atomic E-state index is 0.293. The molecule has 0 aliphatic rings. The van der Waals surface area contributed by atoms with E-state index < -0.39 is 0 Å². The first kappa shape index (κ1) is 11.1. The quantitative estimate of drug-likeness (QED) is 0.823. The number of aromatic hydroxyl groups is 1. The Morgan fingerprint density at radius 3 is 2.88 bits per heavy atom. The number of benzene rings is 1. The van der Waals surface area contributed by atoms with Crippen LogP contribution in [-0.4, -0.2) is 5.11 Å². The molecule has 0 saturated heterocycles. The van der Waals surface area contributed by atoms with Crippen LogP contribution in [-0.2, 0) is 0 Å². The molecule has 1 heterocycles. The number of fused-ring (bicyclic) bond motifs is 1. The highest BCUT2D eigenvalue weighted by molar-refractivity contribution is 5.79. The lowest BCUT2D eigenvalue weighted by atomic mass is 10.0. The van der Waals surface area contributed by atoms with Crippen molar-refractivity contribution in [3.05, 3.63) is 30.0 Å². The third-order valence-corrected chi connectivity index (χ3v) is 3.00. The lowest BCUT2D eigenvalue weighted by Gasteiger charge is -2.05. The Kier molecular flexibility index (Phi) is 3.18. The van der Waals surface area contributed by atoms with Crippen LogP contribution in [0.4, 0.5) is 0 Å². The molecule has 0 bridgehead atoms. The smallest absolute Gasteiger partial charge is 0.134 e. The summed E-state index contributed by atoms with van der Waals surface area (Å²) in [6, 6.07) is 7.26. The Morgan fingerprint density at radius 1 is 1.31 bits per heavy atom. The van der Waals surface area contributed by atoms with E-state index in [9.17, 15) is 5.11 Å². The molecule has 86 valence electrons. The molecule has 1 aromatic heterocycles. The summed E-state index contributed by atoms with van der Waals surface area (Å²) in [5.74, 6) is 1.77. The van der Waals surface area contributed by atoms with Crippen LogP contribution < -0.4 is 0 Å². The number of phenolic OH excluding ortho intramolecular Hbond substituents is 1. The summed E-state index contributed by atoms with van der Waals surface area (Å²) in [5, 5.41) is 10.4. The average molecular weight is 218 g/mol. The van der Waals surface area contributed by atoms with Crippen LogP contribution in [0.15, 0.2) is 28.7 Å². The predicted octanol–water partition coefficient (Wildman–Crippen LogP) is 4.43. The zero-order valence-corrected chi connectivity index (χ0v) is 9.86. The van der Waals surface area contributed by atoms with E-state index in [1.54, 1.807) is 12.1 Å². The van der Waals surface area contributed by atoms with Gasteiger partial charge in [0.1, 0.15) is 17.1 Å². The van der Waals surface area contributed by atoms with E-state index in [0.717, 1.165) is 23.2 Å². The summed E-state index contributed by atoms with van der Waals surface area (Å²) >= 11 is 0. The molecule has 0 saturated carbocycles. The fraction of sp³-hybridized carbons (Fsp3) is 0.429. The molecule has 2 nitrogen and oxygen atoms in total. The standard InChI is InChI=1S/C14H18O2/c1-3-4-5-10(2)14-9-11-8-12(15)6-7-13(11)16-14/h6-10,15H,3-5H2,1-2H3. The monoisotopic (exact) mass is 218 g/mol. The van der Waals surface area contributed by atoms with E-state index >= 15 is 0 Å². The lowest BCUT2D eigenvalue weighted by Crippen LogP contribution is -1.90. The highest BCUT2D eigenvalue weighted by Crippen LogP contribution is 2.29. The fourth-order valence-electron chi connectivity index (χ4n) is 1.95. The van der Waals surface area contributed by atoms with E-state index in [2.05, 4.69) is 13.8 Å². The number of hydrogen-bond acceptors (Lipinski definition) is 2. The Balaban J connectivity index is 2.25. The van der Waals surface area contributed by atoms with E-state index in [1.807, 2.05) is 12.1 Å². The number of unbranched alkanes of at least 4 members (excludes halogenated alkanes) is 1. The van der Waals surface area contributed by atoms with Crippen molar-refractivity contribution in [1.29, 1.82) is 0 Å². The Labute approximate surface area is 95.9 Å². The molecular formula is C14H18O2. The molecule has 1 atom stereocenters. The Morgan fingerprint density at radius 2 is 2.12 bits per heavy atom. The summed E-state index contributed by atoms with van der Waals surface area (Å²) in [4.78, 5) is 0. The molecular weight excluding hydrogens is 200 g/mol. The van der Waals surface area contributed by atoms with Crippen LogP contribution in [0.3, 0.4) is 0 Å². The summed E-state index contributed by atoms with van der Waals surface area (Å²) in [5.41, 5.74) is 0.858. The van der Waals surface area contributed by atoms with Crippen LogP contribution >= 0.6 is 0 Å². The van der Waals surface area contributed by atoms with Gasteiger partial charge in [0, 0.05) is 11.3 Å². The molecule has 2 aromatic rings. The normalized spacial score (nSPS) is 13.1. The number of rotatable bonds is 4. The zero-order chi connectivity index (χ0) is 11.5. The fourth-order valence-corrected chi connectivity index (χ4v) is 1.95. The van der Waals surface area contributed by atoms with E-state index in [0.29, 0.717) is 11.7 Å². The van der Waals surface area contributed by atoms with Crippen molar-refractivity contribution in [3.8, 4) is 5.75 Å². The summed E-state index contributed by atoms with van der Waals surface area (Å²) in [6.07, 6.45) is 3.59. The van der Waals surface area contributed by atoms with Gasteiger partial charge in [-0.05, 0) is 30.7 Å². The second-order valence-electron chi connectivity index (χ2n) is 4.41. The Bertz CT molecular complexity index is 471. The molecule has 1 unspecified atom stereocenters. The van der Waals surface area contributed by atoms with Crippen molar-refractivity contribution < 1.29 is 9.52 Å². The molecule has 0 aliphatic heterocycles. The molecule has 16 heavy (non-hydrogen) atoms. The van der Waals surface area contributed by atoms with Crippen LogP contribution in [0.1, 0.15) is 44.8 Å². The predicted molar refractivity (Wildman–Crippen MR) is 65.8 cm³/mol. The van der Waals surface area contributed by atoms with Crippen LogP contribution in [0.2, 0.25) is 0 Å². The highest BCUT2D eigenvalue weighted by atomic mass is 16.3. The molecule has 2 rings (SSSR count). The van der Waals surface area contributed by atoms with Gasteiger partial charge >= 0.3 is 0 Å². The van der Waals surface area contributed by atoms with Crippen molar-refractivity contribution in [2.24, 2.45) is 0 Å². The van der Waals surface area contributed by atoms with Gasteiger partial charge in [-0.25, -0.2) is 0 Å². The topological polar surface area (TPSA) is 33.4 Å². The average Bonchev–Trinajstić information content (AvgIpc) is 2.68. The first-order valence-electron chi connectivity index (χ1n) is 5.93. The van der Waals surface area contributed by atoms with Gasteiger partial charge < -0.3 is 9.52 Å². The van der Waals surface area contributed by atoms with Gasteiger partial charge in [0.2, 0.25) is 0 Å². The van der Waals surface area contributed by atoms with E-state index in [-0.39, 0.29) is 0 Å². The molecule has 0 amide bonds. The second kappa shape index (κ2) is 4.60. The van der Waals surface area contributed by atoms with Gasteiger partial charge in [0.15, 0.2) is 0 Å². The minimum Gasteiger partial charge on any atom is -0.508 e. The summed E-state index contributed by atoms with van der Waals surface area (Å²) in [6.45, 7) is 4.39. The van der Waals surface area contributed by atoms with Gasteiger partial charge in [-0.3, -0.25) is 0 Å². The maximum Gasteiger partial charge on any atom is 0.134 e. The van der Waals surface area contributed by atoms with E-state index in [4.69, 9.17) is 4.42 Å². The first-order chi connectivity index (χ1) is 7.70. The molecule has 0 aliphatic carbocycles. The number of hydrogen-bond donors (Lipinski definition) is 1. The van der Waals surface area contributed by atoms with Crippen molar-refractivity contribution in [1.82, 2.24) is 0 Å². The van der Waals surface area contributed by atoms with Crippen LogP contribution in [0, 0.1) is 0 Å². The van der Waals surface area contributed by atoms with Gasteiger partial charge in [-0.1, -0.05) is 26.7 Å². The number of furan rings is 1. The minimum atomic E-state index is 0.293. The summed E-state index contributed by atoms with van der Waals surface area (Å²) < 4.78 is 5.77. The highest BCUT2D eigenvalue weighted by Gasteiger charge is 2.11. The molecule has 1 aromatic carbocycles. The third kappa shape index (κ3) is 2.21. The molecule has 2 heteroatoms. The van der Waals surface area contributed by atoms with Crippen LogP contribution in [0.5, 0.6) is 5.75 Å². The van der Waals surface area contributed by atoms with Gasteiger partial charge in [0.25, 0.3) is 0 Å². The first-order valence-corrected chi connectivity index (χ1v) is 5.93. The van der Waals surface area contributed by atoms with Gasteiger partial charge in [-0.15, -0.1) is 0 Å². The van der Waals surface area contributed by atoms with Gasteiger partial charge in [-0.2, -0.15) is 0 Å². The largest absolute Gasteiger partial charge is 0.508 e. The maximum absolute atomic E-state index is 9.38. The summed E-state index contributed by atoms with van der Waals surface area (Å²) in [7, 11) is 0. The molecule has 1 N–H and O–H groups in total. The van der Waals surface area contributed by atoms with Gasteiger partial charge in [0.05, 0.1) is 0 Å². The van der Waals surface area contributed by atoms with Crippen molar-refractivity contribution in [2.75, 3.05) is 0 Å². The van der Waals surface area contributed by atoms with Crippen molar-refractivity contribution >= 4 is 11.0 Å². The molecule has 0 spiro atoms. The lowest BCUT2D eigenvalue weighted by molar-refractivity contribution is 0.472. The van der Waals surface area contributed by atoms with Crippen molar-refractivity contribution in [3.63, 3.8) is 0 Å². The van der Waals surface area contributed by atoms with E-state index in [1.165, 1.54) is 12.8 Å². The second-order valence-corrected chi connectivity index (χ2v) is 4.41. The Hall–Kier alpha value is -1.44. The third-order valence-electron chi connectivity index (χ3n) is 3.00. The maximum atomic E-state index is 9.38. The number of phenols is 1. The van der Waals surface area contributed by atoms with Crippen molar-refractivity contribution in [2.45, 2.75) is 39.0 Å². The van der Waals surface area contributed by atoms with Crippen LogP contribution in [0.25, 0.3) is 11.0 Å².